The number of halogens is 2. The zero-order valence-electron chi connectivity index (χ0n) is 19.4. The highest BCUT2D eigenvalue weighted by Gasteiger charge is 2.50. The Morgan fingerprint density at radius 1 is 1.00 bits per heavy atom. The van der Waals surface area contributed by atoms with Crippen LogP contribution in [0.5, 0.6) is 17.2 Å². The van der Waals surface area contributed by atoms with E-state index in [2.05, 4.69) is 20.9 Å². The summed E-state index contributed by atoms with van der Waals surface area (Å²) in [5, 5.41) is 0. The van der Waals surface area contributed by atoms with E-state index in [1.54, 1.807) is 12.1 Å². The van der Waals surface area contributed by atoms with Crippen LogP contribution in [0.15, 0.2) is 75.0 Å². The lowest BCUT2D eigenvalue weighted by Crippen LogP contribution is -2.41. The van der Waals surface area contributed by atoms with Gasteiger partial charge in [-0.05, 0) is 63.5 Å². The van der Waals surface area contributed by atoms with Crippen molar-refractivity contribution in [2.24, 2.45) is 10.7 Å². The molecule has 3 aromatic rings. The van der Waals surface area contributed by atoms with Crippen molar-refractivity contribution in [2.45, 2.75) is 10.4 Å². The summed E-state index contributed by atoms with van der Waals surface area (Å²) in [5.74, 6) is -0.830. The van der Waals surface area contributed by atoms with Gasteiger partial charge in [0.25, 0.3) is 5.91 Å². The molecule has 1 aliphatic heterocycles. The van der Waals surface area contributed by atoms with Crippen LogP contribution in [-0.4, -0.2) is 46.5 Å². The fourth-order valence-corrected chi connectivity index (χ4v) is 5.31. The number of ether oxygens (including phenoxy) is 2. The third-order valence-corrected chi connectivity index (χ3v) is 7.55. The number of likely N-dealkylation sites (N-methyl/N-ethyl adjacent to an activating group) is 1. The number of carbonyl (C=O) groups excluding carboxylic acids is 1. The molecule has 1 aliphatic rings. The highest BCUT2D eigenvalue weighted by Crippen LogP contribution is 2.42. The number of rotatable bonds is 7. The van der Waals surface area contributed by atoms with Crippen molar-refractivity contribution in [1.82, 2.24) is 4.90 Å². The van der Waals surface area contributed by atoms with Crippen molar-refractivity contribution in [3.05, 3.63) is 82.1 Å². The molecule has 0 aliphatic carbocycles. The molecule has 1 amide bonds. The molecular formula is C24H21BrFN3O6S. The summed E-state index contributed by atoms with van der Waals surface area (Å²) in [6.07, 6.45) is 0. The Morgan fingerprint density at radius 2 is 1.72 bits per heavy atom. The number of nitrogens with two attached hydrogens (primary N) is 1. The SMILES string of the molecule is COc1ccc(OC)c(S(=O)(=O)Oc2cccc(C3(c4ccc(F)c(Br)c4)N=C(N)N(C)C3=O)c2)c1. The van der Waals surface area contributed by atoms with Crippen LogP contribution in [-0.2, 0) is 20.5 Å². The van der Waals surface area contributed by atoms with E-state index >= 15 is 0 Å². The average molecular weight is 578 g/mol. The maximum Gasteiger partial charge on any atom is 0.343 e. The molecule has 2 N–H and O–H groups in total. The number of nitrogens with zero attached hydrogens (tertiary/aromatic N) is 2. The molecule has 3 aromatic carbocycles. The summed E-state index contributed by atoms with van der Waals surface area (Å²) in [5.41, 5.74) is 4.88. The zero-order chi connectivity index (χ0) is 26.3. The van der Waals surface area contributed by atoms with Crippen LogP contribution in [0, 0.1) is 5.82 Å². The summed E-state index contributed by atoms with van der Waals surface area (Å²) < 4.78 is 56.1. The molecule has 188 valence electrons. The first-order valence-electron chi connectivity index (χ1n) is 10.4. The van der Waals surface area contributed by atoms with Crippen LogP contribution in [0.3, 0.4) is 0 Å². The Hall–Kier alpha value is -3.64. The minimum Gasteiger partial charge on any atom is -0.497 e. The molecule has 12 heteroatoms. The van der Waals surface area contributed by atoms with E-state index in [0.717, 1.165) is 0 Å². The van der Waals surface area contributed by atoms with Gasteiger partial charge in [0.1, 0.15) is 23.1 Å². The zero-order valence-corrected chi connectivity index (χ0v) is 21.8. The molecule has 9 nitrogen and oxygen atoms in total. The third kappa shape index (κ3) is 4.26. The topological polar surface area (TPSA) is 121 Å². The minimum absolute atomic E-state index is 0.0551. The molecule has 0 fully saturated rings. The highest BCUT2D eigenvalue weighted by atomic mass is 79.9. The van der Waals surface area contributed by atoms with Gasteiger partial charge in [-0.25, -0.2) is 9.38 Å². The maximum atomic E-state index is 14.0. The number of hydrogen-bond acceptors (Lipinski definition) is 8. The normalized spacial score (nSPS) is 17.6. The highest BCUT2D eigenvalue weighted by molar-refractivity contribution is 9.10. The van der Waals surface area contributed by atoms with Crippen LogP contribution in [0.25, 0.3) is 0 Å². The lowest BCUT2D eigenvalue weighted by molar-refractivity contribution is -0.129. The molecular weight excluding hydrogens is 557 g/mol. The number of carbonyl (C=O) groups is 1. The Balaban J connectivity index is 1.83. The lowest BCUT2D eigenvalue weighted by Gasteiger charge is -2.26. The monoisotopic (exact) mass is 577 g/mol. The molecule has 0 saturated heterocycles. The molecule has 0 saturated carbocycles. The van der Waals surface area contributed by atoms with Crippen LogP contribution < -0.4 is 19.4 Å². The Bertz CT molecular complexity index is 1500. The molecule has 0 bridgehead atoms. The molecule has 0 aromatic heterocycles. The van der Waals surface area contributed by atoms with E-state index in [-0.39, 0.29) is 38.1 Å². The van der Waals surface area contributed by atoms with Gasteiger partial charge in [0.05, 0.1) is 18.7 Å². The maximum absolute atomic E-state index is 14.0. The second-order valence-electron chi connectivity index (χ2n) is 7.76. The molecule has 1 unspecified atom stereocenters. The first-order chi connectivity index (χ1) is 17.0. The summed E-state index contributed by atoms with van der Waals surface area (Å²) in [6.45, 7) is 0. The Morgan fingerprint density at radius 3 is 2.33 bits per heavy atom. The largest absolute Gasteiger partial charge is 0.497 e. The summed E-state index contributed by atoms with van der Waals surface area (Å²) in [7, 11) is -0.189. The van der Waals surface area contributed by atoms with Gasteiger partial charge >= 0.3 is 10.1 Å². The first kappa shape index (κ1) is 25.5. The van der Waals surface area contributed by atoms with Crippen molar-refractivity contribution in [3.63, 3.8) is 0 Å². The van der Waals surface area contributed by atoms with Gasteiger partial charge in [0.2, 0.25) is 0 Å². The van der Waals surface area contributed by atoms with Gasteiger partial charge in [-0.1, -0.05) is 18.2 Å². The molecule has 36 heavy (non-hydrogen) atoms. The number of guanidine groups is 1. The van der Waals surface area contributed by atoms with Crippen molar-refractivity contribution in [3.8, 4) is 17.2 Å². The predicted molar refractivity (Wildman–Crippen MR) is 133 cm³/mol. The average Bonchev–Trinajstić information content (AvgIpc) is 3.09. The minimum atomic E-state index is -4.38. The fraction of sp³-hybridized carbons (Fsp3) is 0.167. The second kappa shape index (κ2) is 9.43. The standard InChI is InChI=1S/C24H21BrFN3O6S/c1-29-22(30)24(28-23(29)27,15-7-9-19(26)18(25)12-15)14-5-4-6-17(11-14)35-36(31,32)21-13-16(33-2)8-10-20(21)34-3/h4-13H,1-3H3,(H2,27,28). The molecule has 1 heterocycles. The predicted octanol–water partition coefficient (Wildman–Crippen LogP) is 3.40. The van der Waals surface area contributed by atoms with Gasteiger partial charge in [-0.3, -0.25) is 9.69 Å². The quantitative estimate of drug-likeness (QED) is 0.427. The van der Waals surface area contributed by atoms with Crippen LogP contribution in [0.2, 0.25) is 0 Å². The molecule has 0 spiro atoms. The van der Waals surface area contributed by atoms with Crippen LogP contribution >= 0.6 is 15.9 Å². The summed E-state index contributed by atoms with van der Waals surface area (Å²) in [4.78, 5) is 18.8. The van der Waals surface area contributed by atoms with Crippen molar-refractivity contribution < 1.29 is 31.3 Å². The smallest absolute Gasteiger partial charge is 0.343 e. The first-order valence-corrected chi connectivity index (χ1v) is 12.6. The van der Waals surface area contributed by atoms with Gasteiger partial charge in [0, 0.05) is 13.1 Å². The fourth-order valence-electron chi connectivity index (χ4n) is 3.83. The number of benzene rings is 3. The molecule has 0 radical (unpaired) electrons. The van der Waals surface area contributed by atoms with Crippen LogP contribution in [0.1, 0.15) is 11.1 Å². The molecule has 4 rings (SSSR count). The number of methoxy groups -OCH3 is 2. The Kier molecular flexibility index (Phi) is 6.67. The van der Waals surface area contributed by atoms with Crippen molar-refractivity contribution in [1.29, 1.82) is 0 Å². The number of amides is 1. The van der Waals surface area contributed by atoms with E-state index < -0.39 is 27.4 Å². The van der Waals surface area contributed by atoms with Gasteiger partial charge in [-0.15, -0.1) is 0 Å². The van der Waals surface area contributed by atoms with E-state index in [1.165, 1.54) is 74.7 Å². The second-order valence-corrected chi connectivity index (χ2v) is 10.1. The van der Waals surface area contributed by atoms with Crippen molar-refractivity contribution >= 4 is 37.9 Å². The summed E-state index contributed by atoms with van der Waals surface area (Å²) in [6, 6.07) is 14.2. The molecule has 1 atom stereocenters. The lowest BCUT2D eigenvalue weighted by atomic mass is 9.82. The van der Waals surface area contributed by atoms with Gasteiger partial charge in [-0.2, -0.15) is 8.42 Å². The van der Waals surface area contributed by atoms with E-state index in [0.29, 0.717) is 5.56 Å². The van der Waals surface area contributed by atoms with Gasteiger partial charge in [0.15, 0.2) is 16.4 Å². The number of aliphatic imine (C=N–C) groups is 1. The summed E-state index contributed by atoms with van der Waals surface area (Å²) >= 11 is 3.14. The van der Waals surface area contributed by atoms with Crippen molar-refractivity contribution in [2.75, 3.05) is 21.3 Å². The Labute approximate surface area is 215 Å². The van der Waals surface area contributed by atoms with E-state index in [4.69, 9.17) is 19.4 Å². The van der Waals surface area contributed by atoms with E-state index in [1.807, 2.05) is 0 Å². The van der Waals surface area contributed by atoms with E-state index in [9.17, 15) is 17.6 Å². The third-order valence-electron chi connectivity index (χ3n) is 5.68. The van der Waals surface area contributed by atoms with Crippen LogP contribution in [0.4, 0.5) is 4.39 Å². The number of hydrogen-bond donors (Lipinski definition) is 1. The van der Waals surface area contributed by atoms with Gasteiger partial charge < -0.3 is 19.4 Å².